The Bertz CT molecular complexity index is 644. The molecule has 116 valence electrons. The number of carbonyl (C=O) groups is 1. The molecule has 1 heterocycles. The molecule has 0 aromatic heterocycles. The van der Waals surface area contributed by atoms with Crippen LogP contribution in [0.15, 0.2) is 23.1 Å². The van der Waals surface area contributed by atoms with E-state index in [1.165, 1.54) is 16.4 Å². The average Bonchev–Trinajstić information content (AvgIpc) is 2.47. The van der Waals surface area contributed by atoms with Gasteiger partial charge < -0.3 is 5.11 Å². The molecular weight excluding hydrogens is 314 g/mol. The van der Waals surface area contributed by atoms with Crippen LogP contribution in [0.4, 0.5) is 0 Å². The number of nitrogens with zero attached hydrogens (tertiary/aromatic N) is 1. The maximum absolute atomic E-state index is 12.7. The molecule has 1 saturated heterocycles. The predicted molar refractivity (Wildman–Crippen MR) is 80.2 cm³/mol. The van der Waals surface area contributed by atoms with Crippen molar-refractivity contribution in [1.29, 1.82) is 0 Å². The van der Waals surface area contributed by atoms with Crippen molar-refractivity contribution in [1.82, 2.24) is 4.31 Å². The van der Waals surface area contributed by atoms with E-state index in [0.29, 0.717) is 19.0 Å². The summed E-state index contributed by atoms with van der Waals surface area (Å²) >= 11 is 5.98. The number of aromatic carboxylic acids is 1. The molecule has 1 aliphatic heterocycles. The van der Waals surface area contributed by atoms with Gasteiger partial charge in [0.25, 0.3) is 0 Å². The summed E-state index contributed by atoms with van der Waals surface area (Å²) in [5.74, 6) is -0.830. The van der Waals surface area contributed by atoms with Gasteiger partial charge in [0.2, 0.25) is 10.0 Å². The maximum atomic E-state index is 12.7. The fourth-order valence-corrected chi connectivity index (χ4v) is 4.61. The lowest BCUT2D eigenvalue weighted by Gasteiger charge is -2.31. The molecule has 21 heavy (non-hydrogen) atoms. The molecule has 1 fully saturated rings. The van der Waals surface area contributed by atoms with E-state index < -0.39 is 16.0 Å². The van der Waals surface area contributed by atoms with E-state index in [1.807, 2.05) is 6.92 Å². The minimum Gasteiger partial charge on any atom is -0.478 e. The molecule has 5 nitrogen and oxygen atoms in total. The lowest BCUT2D eigenvalue weighted by atomic mass is 9.97. The Labute approximate surface area is 129 Å². The molecule has 1 aromatic carbocycles. The number of hydrogen-bond donors (Lipinski definition) is 1. The third-order valence-electron chi connectivity index (χ3n) is 3.86. The number of rotatable bonds is 4. The summed E-state index contributed by atoms with van der Waals surface area (Å²) in [6.45, 7) is 2.96. The van der Waals surface area contributed by atoms with Crippen LogP contribution >= 0.6 is 11.6 Å². The van der Waals surface area contributed by atoms with Crippen LogP contribution in [-0.4, -0.2) is 36.9 Å². The number of piperidine rings is 1. The lowest BCUT2D eigenvalue weighted by molar-refractivity contribution is 0.0696. The number of carboxylic acid groups (broad SMARTS) is 1. The summed E-state index contributed by atoms with van der Waals surface area (Å²) in [5.41, 5.74) is -0.0815. The largest absolute Gasteiger partial charge is 0.478 e. The second kappa shape index (κ2) is 6.34. The summed E-state index contributed by atoms with van der Waals surface area (Å²) < 4.78 is 26.8. The summed E-state index contributed by atoms with van der Waals surface area (Å²) in [5, 5.41) is 9.06. The van der Waals surface area contributed by atoms with Gasteiger partial charge in [0.15, 0.2) is 0 Å². The maximum Gasteiger partial charge on any atom is 0.335 e. The summed E-state index contributed by atoms with van der Waals surface area (Å²) in [6.07, 6.45) is 2.76. The molecule has 7 heteroatoms. The first-order valence-corrected chi connectivity index (χ1v) is 8.71. The molecular formula is C14H18ClNO4S. The zero-order valence-electron chi connectivity index (χ0n) is 11.8. The highest BCUT2D eigenvalue weighted by Gasteiger charge is 2.31. The fraction of sp³-hybridized carbons (Fsp3) is 0.500. The molecule has 1 aromatic rings. The first kappa shape index (κ1) is 16.3. The smallest absolute Gasteiger partial charge is 0.335 e. The van der Waals surface area contributed by atoms with Crippen molar-refractivity contribution >= 4 is 27.6 Å². The van der Waals surface area contributed by atoms with Gasteiger partial charge in [0.05, 0.1) is 10.6 Å². The van der Waals surface area contributed by atoms with E-state index in [1.54, 1.807) is 0 Å². The molecule has 0 spiro atoms. The number of hydrogen-bond acceptors (Lipinski definition) is 3. The van der Waals surface area contributed by atoms with E-state index in [9.17, 15) is 13.2 Å². The standard InChI is InChI=1S/C14H18ClNO4S/c1-2-10-4-3-7-16(9-10)21(19,20)13-8-11(14(17)18)5-6-12(13)15/h5-6,8,10H,2-4,7,9H2,1H3,(H,17,18). The van der Waals surface area contributed by atoms with Gasteiger partial charge in [-0.1, -0.05) is 24.9 Å². The number of halogens is 1. The van der Waals surface area contributed by atoms with Crippen LogP contribution in [0, 0.1) is 5.92 Å². The molecule has 0 saturated carbocycles. The summed E-state index contributed by atoms with van der Waals surface area (Å²) in [4.78, 5) is 10.9. The van der Waals surface area contributed by atoms with Gasteiger partial charge in [-0.3, -0.25) is 0 Å². The lowest BCUT2D eigenvalue weighted by Crippen LogP contribution is -2.39. The van der Waals surface area contributed by atoms with Crippen LogP contribution in [0.25, 0.3) is 0 Å². The van der Waals surface area contributed by atoms with Crippen molar-refractivity contribution in [3.05, 3.63) is 28.8 Å². The quantitative estimate of drug-likeness (QED) is 0.920. The molecule has 1 unspecified atom stereocenters. The van der Waals surface area contributed by atoms with Crippen molar-refractivity contribution in [2.45, 2.75) is 31.1 Å². The van der Waals surface area contributed by atoms with E-state index >= 15 is 0 Å². The first-order valence-electron chi connectivity index (χ1n) is 6.89. The van der Waals surface area contributed by atoms with Crippen LogP contribution in [0.3, 0.4) is 0 Å². The van der Waals surface area contributed by atoms with Crippen molar-refractivity contribution in [3.63, 3.8) is 0 Å². The Morgan fingerprint density at radius 2 is 2.19 bits per heavy atom. The Balaban J connectivity index is 2.39. The zero-order valence-corrected chi connectivity index (χ0v) is 13.3. The van der Waals surface area contributed by atoms with Crippen LogP contribution < -0.4 is 0 Å². The van der Waals surface area contributed by atoms with Gasteiger partial charge in [0.1, 0.15) is 4.90 Å². The number of carboxylic acids is 1. The van der Waals surface area contributed by atoms with E-state index in [-0.39, 0.29) is 15.5 Å². The second-order valence-corrected chi connectivity index (χ2v) is 7.54. The molecule has 1 atom stereocenters. The molecule has 0 amide bonds. The van der Waals surface area contributed by atoms with E-state index in [0.717, 1.165) is 25.3 Å². The Kier molecular flexibility index (Phi) is 4.91. The van der Waals surface area contributed by atoms with Gasteiger partial charge in [-0.25, -0.2) is 13.2 Å². The third kappa shape index (κ3) is 3.39. The Morgan fingerprint density at radius 3 is 2.81 bits per heavy atom. The summed E-state index contributed by atoms with van der Waals surface area (Å²) in [6, 6.07) is 3.75. The third-order valence-corrected chi connectivity index (χ3v) is 6.20. The van der Waals surface area contributed by atoms with Gasteiger partial charge in [0, 0.05) is 13.1 Å². The van der Waals surface area contributed by atoms with Crippen molar-refractivity contribution in [3.8, 4) is 0 Å². The van der Waals surface area contributed by atoms with Crippen LogP contribution in [-0.2, 0) is 10.0 Å². The zero-order chi connectivity index (χ0) is 15.6. The average molecular weight is 332 g/mol. The van der Waals surface area contributed by atoms with Gasteiger partial charge in [-0.2, -0.15) is 4.31 Å². The van der Waals surface area contributed by atoms with Gasteiger partial charge >= 0.3 is 5.97 Å². The van der Waals surface area contributed by atoms with Gasteiger partial charge in [-0.05, 0) is 37.0 Å². The monoisotopic (exact) mass is 331 g/mol. The Morgan fingerprint density at radius 1 is 1.48 bits per heavy atom. The molecule has 1 N–H and O–H groups in total. The molecule has 0 bridgehead atoms. The van der Waals surface area contributed by atoms with E-state index in [2.05, 4.69) is 0 Å². The van der Waals surface area contributed by atoms with Crippen LogP contribution in [0.2, 0.25) is 5.02 Å². The van der Waals surface area contributed by atoms with Crippen molar-refractivity contribution < 1.29 is 18.3 Å². The normalized spacial score (nSPS) is 20.4. The highest BCUT2D eigenvalue weighted by molar-refractivity contribution is 7.89. The Hall–Kier alpha value is -1.11. The highest BCUT2D eigenvalue weighted by atomic mass is 35.5. The topological polar surface area (TPSA) is 74.7 Å². The van der Waals surface area contributed by atoms with Crippen LogP contribution in [0.5, 0.6) is 0 Å². The van der Waals surface area contributed by atoms with Crippen molar-refractivity contribution in [2.75, 3.05) is 13.1 Å². The summed E-state index contributed by atoms with van der Waals surface area (Å²) in [7, 11) is -3.75. The first-order chi connectivity index (χ1) is 9.86. The minimum absolute atomic E-state index is 0.0543. The number of benzene rings is 1. The van der Waals surface area contributed by atoms with Gasteiger partial charge in [-0.15, -0.1) is 0 Å². The minimum atomic E-state index is -3.75. The van der Waals surface area contributed by atoms with Crippen molar-refractivity contribution in [2.24, 2.45) is 5.92 Å². The second-order valence-electron chi connectivity index (χ2n) is 5.23. The molecule has 2 rings (SSSR count). The predicted octanol–water partition coefficient (Wildman–Crippen LogP) is 2.85. The molecule has 0 radical (unpaired) electrons. The fourth-order valence-electron chi connectivity index (χ4n) is 2.55. The SMILES string of the molecule is CCC1CCCN(S(=O)(=O)c2cc(C(=O)O)ccc2Cl)C1. The highest BCUT2D eigenvalue weighted by Crippen LogP contribution is 2.29. The molecule has 0 aliphatic carbocycles. The van der Waals surface area contributed by atoms with Crippen LogP contribution in [0.1, 0.15) is 36.5 Å². The number of sulfonamides is 1. The molecule has 1 aliphatic rings. The van der Waals surface area contributed by atoms with E-state index in [4.69, 9.17) is 16.7 Å².